The van der Waals surface area contributed by atoms with Crippen LogP contribution in [0.1, 0.15) is 53.0 Å². The topological polar surface area (TPSA) is 97.6 Å². The highest BCUT2D eigenvalue weighted by Gasteiger charge is 2.28. The molecule has 1 aromatic heterocycles. The molecule has 0 bridgehead atoms. The minimum absolute atomic E-state index is 0.0462. The predicted molar refractivity (Wildman–Crippen MR) is 95.3 cm³/mol. The lowest BCUT2D eigenvalue weighted by atomic mass is 9.99. The zero-order valence-corrected chi connectivity index (χ0v) is 16.8. The Morgan fingerprint density at radius 2 is 1.96 bits per heavy atom. The van der Waals surface area contributed by atoms with Gasteiger partial charge in [-0.25, -0.2) is 4.79 Å². The highest BCUT2D eigenvalue weighted by molar-refractivity contribution is 7.99. The smallest absolute Gasteiger partial charge is 0.408 e. The van der Waals surface area contributed by atoms with Crippen LogP contribution >= 0.6 is 11.8 Å². The summed E-state index contributed by atoms with van der Waals surface area (Å²) < 4.78 is 10.9. The summed E-state index contributed by atoms with van der Waals surface area (Å²) in [5, 5.41) is 11.1. The first kappa shape index (κ1) is 21.3. The molecule has 142 valence electrons. The molecule has 0 aliphatic heterocycles. The molecule has 9 heteroatoms. The van der Waals surface area contributed by atoms with Crippen LogP contribution in [0, 0.1) is 5.92 Å². The van der Waals surface area contributed by atoms with Crippen molar-refractivity contribution in [3.63, 3.8) is 0 Å². The lowest BCUT2D eigenvalue weighted by Gasteiger charge is -2.24. The zero-order chi connectivity index (χ0) is 19.2. The molecule has 2 amide bonds. The molecule has 1 rings (SSSR count). The molecule has 1 aromatic rings. The van der Waals surface area contributed by atoms with Gasteiger partial charge in [-0.05, 0) is 26.7 Å². The van der Waals surface area contributed by atoms with Gasteiger partial charge in [0.25, 0.3) is 5.22 Å². The van der Waals surface area contributed by atoms with E-state index in [1.54, 1.807) is 34.9 Å². The molecule has 8 nitrogen and oxygen atoms in total. The molecular weight excluding hydrogens is 344 g/mol. The Hall–Kier alpha value is -1.77. The number of nitrogens with zero attached hydrogens (tertiary/aromatic N) is 3. The van der Waals surface area contributed by atoms with Crippen LogP contribution in [0.15, 0.2) is 9.64 Å². The lowest BCUT2D eigenvalue weighted by molar-refractivity contribution is -0.125. The maximum absolute atomic E-state index is 12.1. The Morgan fingerprint density at radius 1 is 1.32 bits per heavy atom. The maximum Gasteiger partial charge on any atom is 0.408 e. The van der Waals surface area contributed by atoms with Gasteiger partial charge in [0, 0.05) is 14.1 Å². The van der Waals surface area contributed by atoms with Crippen LogP contribution in [0.25, 0.3) is 0 Å². The van der Waals surface area contributed by atoms with Crippen molar-refractivity contribution in [2.75, 3.05) is 19.8 Å². The van der Waals surface area contributed by atoms with Crippen LogP contribution in [0.3, 0.4) is 0 Å². The fourth-order valence-electron chi connectivity index (χ4n) is 1.77. The number of amides is 2. The fourth-order valence-corrected chi connectivity index (χ4v) is 2.52. The van der Waals surface area contributed by atoms with Crippen LogP contribution in [0.5, 0.6) is 0 Å². The Balaban J connectivity index is 2.80. The van der Waals surface area contributed by atoms with Gasteiger partial charge in [0.15, 0.2) is 0 Å². The Morgan fingerprint density at radius 3 is 2.48 bits per heavy atom. The summed E-state index contributed by atoms with van der Waals surface area (Å²) in [6.07, 6.45) is 0.276. The number of thioether (sulfide) groups is 1. The van der Waals surface area contributed by atoms with Crippen molar-refractivity contribution in [3.8, 4) is 0 Å². The lowest BCUT2D eigenvalue weighted by Crippen LogP contribution is -2.37. The Kier molecular flexibility index (Phi) is 7.72. The van der Waals surface area contributed by atoms with E-state index in [0.29, 0.717) is 11.1 Å². The molecule has 1 heterocycles. The molecule has 0 aromatic carbocycles. The number of alkyl carbamates (subject to hydrolysis) is 1. The van der Waals surface area contributed by atoms with Gasteiger partial charge in [-0.1, -0.05) is 32.0 Å². The molecule has 0 saturated carbocycles. The zero-order valence-electron chi connectivity index (χ0n) is 16.0. The van der Waals surface area contributed by atoms with Gasteiger partial charge >= 0.3 is 6.09 Å². The molecule has 2 atom stereocenters. The van der Waals surface area contributed by atoms with Gasteiger partial charge in [0.05, 0.1) is 5.75 Å². The molecular formula is C16H28N4O4S. The largest absolute Gasteiger partial charge is 0.444 e. The second kappa shape index (κ2) is 9.07. The Labute approximate surface area is 153 Å². The van der Waals surface area contributed by atoms with Crippen molar-refractivity contribution in [3.05, 3.63) is 5.89 Å². The summed E-state index contributed by atoms with van der Waals surface area (Å²) in [6.45, 7) is 9.39. The summed E-state index contributed by atoms with van der Waals surface area (Å²) in [5.74, 6) is 0.548. The normalized spacial score (nSPS) is 13.9. The second-order valence-electron chi connectivity index (χ2n) is 6.99. The van der Waals surface area contributed by atoms with Crippen molar-refractivity contribution in [1.29, 1.82) is 0 Å². The SMILES string of the molecule is CCC(C)[C@H](NC(=O)OC(C)(C)C)c1nnc(SCC(=O)N(C)C)o1. The van der Waals surface area contributed by atoms with Crippen LogP contribution < -0.4 is 5.32 Å². The maximum atomic E-state index is 12.1. The molecule has 1 N–H and O–H groups in total. The fraction of sp³-hybridized carbons (Fsp3) is 0.750. The first-order valence-electron chi connectivity index (χ1n) is 8.19. The van der Waals surface area contributed by atoms with Crippen molar-refractivity contribution in [2.45, 2.75) is 57.9 Å². The van der Waals surface area contributed by atoms with Gasteiger partial charge in [-0.3, -0.25) is 4.79 Å². The third kappa shape index (κ3) is 7.33. The number of carbonyl (C=O) groups excluding carboxylic acids is 2. The van der Waals surface area contributed by atoms with Gasteiger partial charge in [-0.2, -0.15) is 0 Å². The van der Waals surface area contributed by atoms with E-state index in [1.807, 2.05) is 13.8 Å². The van der Waals surface area contributed by atoms with E-state index in [9.17, 15) is 9.59 Å². The van der Waals surface area contributed by atoms with Crippen LogP contribution in [-0.2, 0) is 9.53 Å². The van der Waals surface area contributed by atoms with E-state index in [-0.39, 0.29) is 17.6 Å². The summed E-state index contributed by atoms with van der Waals surface area (Å²) in [5.41, 5.74) is -0.591. The minimum atomic E-state index is -0.591. The summed E-state index contributed by atoms with van der Waals surface area (Å²) in [4.78, 5) is 25.2. The molecule has 0 spiro atoms. The summed E-state index contributed by atoms with van der Waals surface area (Å²) in [7, 11) is 3.37. The van der Waals surface area contributed by atoms with E-state index >= 15 is 0 Å². The monoisotopic (exact) mass is 372 g/mol. The van der Waals surface area contributed by atoms with E-state index in [0.717, 1.165) is 6.42 Å². The number of rotatable bonds is 7. The molecule has 0 aliphatic rings. The van der Waals surface area contributed by atoms with Crippen molar-refractivity contribution >= 4 is 23.8 Å². The third-order valence-electron chi connectivity index (χ3n) is 3.39. The van der Waals surface area contributed by atoms with Crippen molar-refractivity contribution < 1.29 is 18.7 Å². The van der Waals surface area contributed by atoms with Crippen LogP contribution in [-0.4, -0.2) is 52.5 Å². The molecule has 0 saturated heterocycles. The van der Waals surface area contributed by atoms with E-state index in [1.165, 1.54) is 16.7 Å². The predicted octanol–water partition coefficient (Wildman–Crippen LogP) is 2.86. The number of carbonyl (C=O) groups is 2. The van der Waals surface area contributed by atoms with E-state index < -0.39 is 17.7 Å². The Bertz CT molecular complexity index is 583. The average molecular weight is 372 g/mol. The van der Waals surface area contributed by atoms with Crippen LogP contribution in [0.2, 0.25) is 0 Å². The number of aromatic nitrogens is 2. The number of hydrogen-bond donors (Lipinski definition) is 1. The third-order valence-corrected chi connectivity index (χ3v) is 4.19. The molecule has 1 unspecified atom stereocenters. The van der Waals surface area contributed by atoms with Gasteiger partial charge < -0.3 is 19.4 Å². The van der Waals surface area contributed by atoms with Crippen molar-refractivity contribution in [1.82, 2.24) is 20.4 Å². The molecule has 25 heavy (non-hydrogen) atoms. The molecule has 0 radical (unpaired) electrons. The highest BCUT2D eigenvalue weighted by atomic mass is 32.2. The molecule has 0 fully saturated rings. The van der Waals surface area contributed by atoms with E-state index in [4.69, 9.17) is 9.15 Å². The van der Waals surface area contributed by atoms with Crippen LogP contribution in [0.4, 0.5) is 4.79 Å². The average Bonchev–Trinajstić information content (AvgIpc) is 2.96. The van der Waals surface area contributed by atoms with Gasteiger partial charge in [0.1, 0.15) is 11.6 Å². The summed E-state index contributed by atoms with van der Waals surface area (Å²) >= 11 is 1.17. The summed E-state index contributed by atoms with van der Waals surface area (Å²) in [6, 6.07) is -0.453. The van der Waals surface area contributed by atoms with Gasteiger partial charge in [-0.15, -0.1) is 10.2 Å². The standard InChI is InChI=1S/C16H28N4O4S/c1-8-10(2)12(17-14(22)24-16(3,4)5)13-18-19-15(23-13)25-9-11(21)20(6)7/h10,12H,8-9H2,1-7H3,(H,17,22)/t10?,12-/m0/s1. The minimum Gasteiger partial charge on any atom is -0.444 e. The number of ether oxygens (including phenoxy) is 1. The van der Waals surface area contributed by atoms with Gasteiger partial charge in [0.2, 0.25) is 11.8 Å². The number of hydrogen-bond acceptors (Lipinski definition) is 7. The van der Waals surface area contributed by atoms with Crippen molar-refractivity contribution in [2.24, 2.45) is 5.92 Å². The number of nitrogens with one attached hydrogen (secondary N) is 1. The first-order valence-corrected chi connectivity index (χ1v) is 9.18. The first-order chi connectivity index (χ1) is 11.5. The van der Waals surface area contributed by atoms with E-state index in [2.05, 4.69) is 15.5 Å². The molecule has 0 aliphatic carbocycles. The highest BCUT2D eigenvalue weighted by Crippen LogP contribution is 2.26. The second-order valence-corrected chi connectivity index (χ2v) is 7.92. The quantitative estimate of drug-likeness (QED) is 0.735.